The van der Waals surface area contributed by atoms with Gasteiger partial charge in [-0.15, -0.1) is 0 Å². The predicted molar refractivity (Wildman–Crippen MR) is 116 cm³/mol. The van der Waals surface area contributed by atoms with Gasteiger partial charge in [0.1, 0.15) is 0 Å². The van der Waals surface area contributed by atoms with Gasteiger partial charge in [-0.05, 0) is 54.4 Å². The van der Waals surface area contributed by atoms with E-state index >= 15 is 0 Å². The number of hydrogen-bond donors (Lipinski definition) is 1. The minimum atomic E-state index is -3.68. The summed E-state index contributed by atoms with van der Waals surface area (Å²) < 4.78 is 26.9. The van der Waals surface area contributed by atoms with Crippen LogP contribution >= 0.6 is 11.6 Å². The van der Waals surface area contributed by atoms with Crippen molar-refractivity contribution in [3.63, 3.8) is 0 Å². The van der Waals surface area contributed by atoms with Crippen molar-refractivity contribution in [1.29, 1.82) is 0 Å². The molecule has 0 unspecified atom stereocenters. The number of carbonyl (C=O) groups excluding carboxylic acids is 1. The van der Waals surface area contributed by atoms with Gasteiger partial charge in [-0.25, -0.2) is 8.42 Å². The lowest BCUT2D eigenvalue weighted by Crippen LogP contribution is -2.27. The van der Waals surface area contributed by atoms with E-state index in [1.54, 1.807) is 61.5 Å². The van der Waals surface area contributed by atoms with Crippen molar-refractivity contribution in [2.75, 3.05) is 11.4 Å². The van der Waals surface area contributed by atoms with E-state index in [0.29, 0.717) is 28.4 Å². The standard InChI is InChI=1S/C22H21ClN2O3S/c1-16-14-17(22(26)24-15-18-8-6-7-11-20(18)23)12-13-21(16)25(2)29(27,28)19-9-4-3-5-10-19/h3-14H,15H2,1-2H3,(H,24,26). The molecule has 1 amide bonds. The van der Waals surface area contributed by atoms with E-state index in [-0.39, 0.29) is 10.8 Å². The van der Waals surface area contributed by atoms with Gasteiger partial charge in [-0.2, -0.15) is 0 Å². The van der Waals surface area contributed by atoms with E-state index in [4.69, 9.17) is 11.6 Å². The van der Waals surface area contributed by atoms with Crippen LogP contribution in [0.4, 0.5) is 5.69 Å². The molecule has 0 radical (unpaired) electrons. The lowest BCUT2D eigenvalue weighted by atomic mass is 10.1. The van der Waals surface area contributed by atoms with Gasteiger partial charge in [0.2, 0.25) is 0 Å². The number of nitrogens with zero attached hydrogens (tertiary/aromatic N) is 1. The Hall–Kier alpha value is -2.83. The first kappa shape index (κ1) is 20.9. The molecular weight excluding hydrogens is 408 g/mol. The zero-order chi connectivity index (χ0) is 21.0. The fraction of sp³-hybridized carbons (Fsp3) is 0.136. The van der Waals surface area contributed by atoms with Crippen LogP contribution in [-0.2, 0) is 16.6 Å². The van der Waals surface area contributed by atoms with Gasteiger partial charge in [-0.1, -0.05) is 48.0 Å². The van der Waals surface area contributed by atoms with Gasteiger partial charge in [-0.3, -0.25) is 9.10 Å². The Bertz CT molecular complexity index is 1130. The van der Waals surface area contributed by atoms with Crippen LogP contribution in [0.2, 0.25) is 5.02 Å². The number of halogens is 1. The number of benzene rings is 3. The minimum absolute atomic E-state index is 0.212. The van der Waals surface area contributed by atoms with Gasteiger partial charge >= 0.3 is 0 Å². The molecule has 3 aromatic rings. The lowest BCUT2D eigenvalue weighted by molar-refractivity contribution is 0.0951. The first-order valence-corrected chi connectivity index (χ1v) is 10.8. The highest BCUT2D eigenvalue weighted by Gasteiger charge is 2.22. The Balaban J connectivity index is 1.78. The smallest absolute Gasteiger partial charge is 0.264 e. The third-order valence-electron chi connectivity index (χ3n) is 4.60. The fourth-order valence-electron chi connectivity index (χ4n) is 2.95. The number of amides is 1. The molecular formula is C22H21ClN2O3S. The van der Waals surface area contributed by atoms with Crippen LogP contribution in [0, 0.1) is 6.92 Å². The molecule has 0 aromatic heterocycles. The summed E-state index contributed by atoms with van der Waals surface area (Å²) in [6.45, 7) is 2.08. The van der Waals surface area contributed by atoms with Gasteiger partial charge in [0.05, 0.1) is 10.6 Å². The van der Waals surface area contributed by atoms with E-state index in [1.165, 1.54) is 11.4 Å². The van der Waals surface area contributed by atoms with Crippen molar-refractivity contribution in [3.8, 4) is 0 Å². The maximum absolute atomic E-state index is 12.8. The molecule has 3 rings (SSSR count). The molecule has 0 atom stereocenters. The highest BCUT2D eigenvalue weighted by Crippen LogP contribution is 2.26. The number of aryl methyl sites for hydroxylation is 1. The second-order valence-electron chi connectivity index (χ2n) is 6.56. The average Bonchev–Trinajstić information content (AvgIpc) is 2.73. The van der Waals surface area contributed by atoms with Crippen LogP contribution in [0.25, 0.3) is 0 Å². The molecule has 0 spiro atoms. The van der Waals surface area contributed by atoms with E-state index < -0.39 is 10.0 Å². The van der Waals surface area contributed by atoms with Crippen molar-refractivity contribution >= 4 is 33.2 Å². The summed E-state index contributed by atoms with van der Waals surface area (Å²) in [5.74, 6) is -0.256. The van der Waals surface area contributed by atoms with E-state index in [2.05, 4.69) is 5.32 Å². The maximum atomic E-state index is 12.8. The number of sulfonamides is 1. The van der Waals surface area contributed by atoms with Crippen molar-refractivity contribution in [1.82, 2.24) is 5.32 Å². The monoisotopic (exact) mass is 428 g/mol. The van der Waals surface area contributed by atoms with Crippen LogP contribution in [0.1, 0.15) is 21.5 Å². The van der Waals surface area contributed by atoms with E-state index in [1.807, 2.05) is 18.2 Å². The van der Waals surface area contributed by atoms with Gasteiger partial charge in [0.15, 0.2) is 0 Å². The predicted octanol–water partition coefficient (Wildman–Crippen LogP) is 4.40. The van der Waals surface area contributed by atoms with Crippen LogP contribution in [0.5, 0.6) is 0 Å². The second-order valence-corrected chi connectivity index (χ2v) is 8.94. The minimum Gasteiger partial charge on any atom is -0.348 e. The Kier molecular flexibility index (Phi) is 6.25. The summed E-state index contributed by atoms with van der Waals surface area (Å²) in [5, 5.41) is 3.42. The molecule has 0 saturated heterocycles. The number of rotatable bonds is 6. The van der Waals surface area contributed by atoms with Crippen LogP contribution < -0.4 is 9.62 Å². The van der Waals surface area contributed by atoms with Crippen molar-refractivity contribution in [2.45, 2.75) is 18.4 Å². The summed E-state index contributed by atoms with van der Waals surface area (Å²) >= 11 is 6.11. The van der Waals surface area contributed by atoms with E-state index in [0.717, 1.165) is 5.56 Å². The summed E-state index contributed by atoms with van der Waals surface area (Å²) in [6, 6.07) is 20.5. The van der Waals surface area contributed by atoms with E-state index in [9.17, 15) is 13.2 Å². The first-order valence-electron chi connectivity index (χ1n) is 8.97. The SMILES string of the molecule is Cc1cc(C(=O)NCc2ccccc2Cl)ccc1N(C)S(=O)(=O)c1ccccc1. The lowest BCUT2D eigenvalue weighted by Gasteiger charge is -2.22. The molecule has 0 bridgehead atoms. The molecule has 7 heteroatoms. The zero-order valence-electron chi connectivity index (χ0n) is 16.1. The fourth-order valence-corrected chi connectivity index (χ4v) is 4.43. The average molecular weight is 429 g/mol. The zero-order valence-corrected chi connectivity index (χ0v) is 17.7. The van der Waals surface area contributed by atoms with Crippen LogP contribution in [-0.4, -0.2) is 21.4 Å². The van der Waals surface area contributed by atoms with Crippen LogP contribution in [0.3, 0.4) is 0 Å². The number of nitrogens with one attached hydrogen (secondary N) is 1. The number of anilines is 1. The summed E-state index contributed by atoms with van der Waals surface area (Å²) in [5.41, 5.74) is 2.46. The van der Waals surface area contributed by atoms with Crippen molar-refractivity contribution in [2.24, 2.45) is 0 Å². The third-order valence-corrected chi connectivity index (χ3v) is 6.75. The Morgan fingerprint density at radius 1 is 1.00 bits per heavy atom. The molecule has 0 saturated carbocycles. The van der Waals surface area contributed by atoms with Gasteiger partial charge in [0, 0.05) is 24.2 Å². The Morgan fingerprint density at radius 3 is 2.31 bits per heavy atom. The number of hydrogen-bond acceptors (Lipinski definition) is 3. The maximum Gasteiger partial charge on any atom is 0.264 e. The normalized spacial score (nSPS) is 11.1. The highest BCUT2D eigenvalue weighted by molar-refractivity contribution is 7.92. The second kappa shape index (κ2) is 8.68. The molecule has 29 heavy (non-hydrogen) atoms. The number of carbonyl (C=O) groups is 1. The van der Waals surface area contributed by atoms with Gasteiger partial charge in [0.25, 0.3) is 15.9 Å². The molecule has 0 aliphatic rings. The summed E-state index contributed by atoms with van der Waals surface area (Å²) in [7, 11) is -2.18. The van der Waals surface area contributed by atoms with Gasteiger partial charge < -0.3 is 5.32 Å². The molecule has 1 N–H and O–H groups in total. The molecule has 0 aliphatic carbocycles. The van der Waals surface area contributed by atoms with Crippen molar-refractivity contribution in [3.05, 3.63) is 94.5 Å². The molecule has 5 nitrogen and oxygen atoms in total. The summed E-state index contributed by atoms with van der Waals surface area (Å²) in [6.07, 6.45) is 0. The Morgan fingerprint density at radius 2 is 1.66 bits per heavy atom. The molecule has 0 fully saturated rings. The molecule has 150 valence electrons. The molecule has 0 aliphatic heterocycles. The third kappa shape index (κ3) is 4.60. The highest BCUT2D eigenvalue weighted by atomic mass is 35.5. The van der Waals surface area contributed by atoms with Crippen LogP contribution in [0.15, 0.2) is 77.7 Å². The Labute approximate surface area is 176 Å². The molecule has 3 aromatic carbocycles. The summed E-state index contributed by atoms with van der Waals surface area (Å²) in [4.78, 5) is 12.7. The quantitative estimate of drug-likeness (QED) is 0.632. The molecule has 0 heterocycles. The van der Waals surface area contributed by atoms with Crippen molar-refractivity contribution < 1.29 is 13.2 Å². The topological polar surface area (TPSA) is 66.5 Å². The largest absolute Gasteiger partial charge is 0.348 e. The first-order chi connectivity index (χ1) is 13.8.